The molecule has 0 radical (unpaired) electrons. The molecular weight excluding hydrogens is 460 g/mol. The van der Waals surface area contributed by atoms with E-state index in [9.17, 15) is 4.79 Å². The van der Waals surface area contributed by atoms with Crippen LogP contribution in [0.1, 0.15) is 12.5 Å². The number of carbonyl (C=O) groups excluding carboxylic acids is 1. The molecule has 0 bridgehead atoms. The fourth-order valence-electron chi connectivity index (χ4n) is 4.41. The van der Waals surface area contributed by atoms with Gasteiger partial charge in [0.2, 0.25) is 0 Å². The van der Waals surface area contributed by atoms with Gasteiger partial charge in [-0.15, -0.1) is 22.6 Å². The van der Waals surface area contributed by atoms with Gasteiger partial charge in [-0.1, -0.05) is 54.6 Å². The Kier molecular flexibility index (Phi) is 7.14. The molecule has 1 N–H and O–H groups in total. The normalized spacial score (nSPS) is 15.3. The number of halogens is 1. The zero-order valence-electron chi connectivity index (χ0n) is 19.3. The third kappa shape index (κ3) is 4.88. The van der Waals surface area contributed by atoms with E-state index < -0.39 is 0 Å². The standard InChI is InChI=1S/C27H24N6O.ClH/c1-19-18-32(15-16-33(19)27(34)29-22-13-11-20(17-28)12-14-22)26-24-10-6-5-9-23(24)25(30-31-26)21-7-3-2-4-8-21;/h2-14,19H,15-16,18H2,1H3,(H,29,34);1H/t19-;/m0./s1. The van der Waals surface area contributed by atoms with Gasteiger partial charge in [0.05, 0.1) is 11.6 Å². The Bertz CT molecular complexity index is 1370. The molecular formula is C27H25ClN6O. The minimum atomic E-state index is -0.146. The van der Waals surface area contributed by atoms with E-state index in [2.05, 4.69) is 38.6 Å². The molecule has 1 fully saturated rings. The number of amides is 2. The molecule has 35 heavy (non-hydrogen) atoms. The summed E-state index contributed by atoms with van der Waals surface area (Å²) >= 11 is 0. The maximum atomic E-state index is 12.9. The SMILES string of the molecule is C[C@H]1CN(c2nnc(-c3ccccc3)c3ccccc23)CCN1C(=O)Nc1ccc(C#N)cc1.Cl. The Balaban J connectivity index is 0.00000289. The summed E-state index contributed by atoms with van der Waals surface area (Å²) in [6.07, 6.45) is 0. The zero-order chi connectivity index (χ0) is 23.5. The molecule has 176 valence electrons. The van der Waals surface area contributed by atoms with Crippen molar-refractivity contribution in [2.24, 2.45) is 0 Å². The number of piperazine rings is 1. The highest BCUT2D eigenvalue weighted by molar-refractivity contribution is 6.00. The number of nitrogens with one attached hydrogen (secondary N) is 1. The summed E-state index contributed by atoms with van der Waals surface area (Å²) in [5.74, 6) is 0.842. The summed E-state index contributed by atoms with van der Waals surface area (Å²) in [7, 11) is 0. The van der Waals surface area contributed by atoms with Gasteiger partial charge in [-0.2, -0.15) is 5.26 Å². The van der Waals surface area contributed by atoms with Crippen LogP contribution in [0.25, 0.3) is 22.0 Å². The number of urea groups is 1. The monoisotopic (exact) mass is 484 g/mol. The summed E-state index contributed by atoms with van der Waals surface area (Å²) in [5.41, 5.74) is 3.14. The van der Waals surface area contributed by atoms with Gasteiger partial charge in [-0.25, -0.2) is 4.79 Å². The lowest BCUT2D eigenvalue weighted by Gasteiger charge is -2.40. The number of nitrogens with zero attached hydrogens (tertiary/aromatic N) is 5. The number of benzene rings is 3. The third-order valence-corrected chi connectivity index (χ3v) is 6.17. The molecule has 1 aromatic heterocycles. The van der Waals surface area contributed by atoms with E-state index in [4.69, 9.17) is 5.26 Å². The molecule has 8 heteroatoms. The van der Waals surface area contributed by atoms with Crippen LogP contribution in [0.15, 0.2) is 78.9 Å². The number of rotatable bonds is 3. The predicted molar refractivity (Wildman–Crippen MR) is 141 cm³/mol. The molecule has 1 aliphatic heterocycles. The maximum Gasteiger partial charge on any atom is 0.322 e. The summed E-state index contributed by atoms with van der Waals surface area (Å²) in [5, 5.41) is 23.2. The van der Waals surface area contributed by atoms with Crippen molar-refractivity contribution in [1.29, 1.82) is 5.26 Å². The van der Waals surface area contributed by atoms with E-state index in [1.807, 2.05) is 54.3 Å². The minimum Gasteiger partial charge on any atom is -0.351 e. The Morgan fingerprint density at radius 3 is 2.31 bits per heavy atom. The van der Waals surface area contributed by atoms with Crippen molar-refractivity contribution < 1.29 is 4.79 Å². The second-order valence-corrected chi connectivity index (χ2v) is 8.39. The number of anilines is 2. The lowest BCUT2D eigenvalue weighted by Crippen LogP contribution is -2.55. The van der Waals surface area contributed by atoms with Crippen LogP contribution in [0.4, 0.5) is 16.3 Å². The quantitative estimate of drug-likeness (QED) is 0.424. The fraction of sp³-hybridized carbons (Fsp3) is 0.185. The van der Waals surface area contributed by atoms with Crippen molar-refractivity contribution in [3.63, 3.8) is 0 Å². The van der Waals surface area contributed by atoms with Gasteiger partial charge < -0.3 is 15.1 Å². The lowest BCUT2D eigenvalue weighted by molar-refractivity contribution is 0.184. The van der Waals surface area contributed by atoms with E-state index >= 15 is 0 Å². The molecule has 0 unspecified atom stereocenters. The molecule has 0 aliphatic carbocycles. The summed E-state index contributed by atoms with van der Waals surface area (Å²) < 4.78 is 0. The third-order valence-electron chi connectivity index (χ3n) is 6.17. The van der Waals surface area contributed by atoms with E-state index in [-0.39, 0.29) is 24.5 Å². The first-order chi connectivity index (χ1) is 16.6. The molecule has 4 aromatic rings. The molecule has 2 amide bonds. The van der Waals surface area contributed by atoms with Crippen LogP contribution in [0.2, 0.25) is 0 Å². The highest BCUT2D eigenvalue weighted by Gasteiger charge is 2.29. The maximum absolute atomic E-state index is 12.9. The number of carbonyl (C=O) groups is 1. The van der Waals surface area contributed by atoms with Crippen LogP contribution in [0.3, 0.4) is 0 Å². The molecule has 0 saturated carbocycles. The highest BCUT2D eigenvalue weighted by Crippen LogP contribution is 2.32. The van der Waals surface area contributed by atoms with Gasteiger partial charge in [0.25, 0.3) is 0 Å². The van der Waals surface area contributed by atoms with E-state index in [0.717, 1.165) is 27.8 Å². The zero-order valence-corrected chi connectivity index (χ0v) is 20.1. The summed E-state index contributed by atoms with van der Waals surface area (Å²) in [4.78, 5) is 16.9. The first-order valence-corrected chi connectivity index (χ1v) is 11.3. The summed E-state index contributed by atoms with van der Waals surface area (Å²) in [6, 6.07) is 27.1. The largest absolute Gasteiger partial charge is 0.351 e. The van der Waals surface area contributed by atoms with Gasteiger partial charge >= 0.3 is 6.03 Å². The number of nitriles is 1. The smallest absolute Gasteiger partial charge is 0.322 e. The van der Waals surface area contributed by atoms with E-state index in [0.29, 0.717) is 30.9 Å². The highest BCUT2D eigenvalue weighted by atomic mass is 35.5. The molecule has 1 atom stereocenters. The van der Waals surface area contributed by atoms with Gasteiger partial charge in [0.15, 0.2) is 5.82 Å². The van der Waals surface area contributed by atoms with E-state index in [1.165, 1.54) is 0 Å². The van der Waals surface area contributed by atoms with Crippen LogP contribution in [-0.4, -0.2) is 46.8 Å². The Labute approximate surface area is 210 Å². The van der Waals surface area contributed by atoms with Crippen LogP contribution in [0, 0.1) is 11.3 Å². The Morgan fingerprint density at radius 1 is 0.943 bits per heavy atom. The van der Waals surface area contributed by atoms with Crippen molar-refractivity contribution in [3.8, 4) is 17.3 Å². The van der Waals surface area contributed by atoms with Crippen molar-refractivity contribution in [3.05, 3.63) is 84.4 Å². The topological polar surface area (TPSA) is 85.2 Å². The molecule has 5 rings (SSSR count). The fourth-order valence-corrected chi connectivity index (χ4v) is 4.41. The lowest BCUT2D eigenvalue weighted by atomic mass is 10.0. The van der Waals surface area contributed by atoms with Gasteiger partial charge in [0.1, 0.15) is 5.69 Å². The first kappa shape index (κ1) is 24.0. The van der Waals surface area contributed by atoms with Crippen LogP contribution in [0.5, 0.6) is 0 Å². The molecule has 7 nitrogen and oxygen atoms in total. The number of hydrogen-bond acceptors (Lipinski definition) is 5. The van der Waals surface area contributed by atoms with Crippen molar-refractivity contribution in [2.75, 3.05) is 29.9 Å². The second-order valence-electron chi connectivity index (χ2n) is 8.39. The van der Waals surface area contributed by atoms with Gasteiger partial charge in [-0.3, -0.25) is 0 Å². The molecule has 2 heterocycles. The first-order valence-electron chi connectivity index (χ1n) is 11.3. The Morgan fingerprint density at radius 2 is 1.63 bits per heavy atom. The average Bonchev–Trinajstić information content (AvgIpc) is 2.89. The second kappa shape index (κ2) is 10.4. The molecule has 1 saturated heterocycles. The van der Waals surface area contributed by atoms with E-state index in [1.54, 1.807) is 24.3 Å². The molecule has 0 spiro atoms. The number of fused-ring (bicyclic) bond motifs is 1. The van der Waals surface area contributed by atoms with Crippen LogP contribution < -0.4 is 10.2 Å². The molecule has 1 aliphatic rings. The van der Waals surface area contributed by atoms with Crippen LogP contribution >= 0.6 is 12.4 Å². The van der Waals surface area contributed by atoms with Crippen molar-refractivity contribution in [1.82, 2.24) is 15.1 Å². The Hall–Kier alpha value is -4.15. The number of hydrogen-bond donors (Lipinski definition) is 1. The predicted octanol–water partition coefficient (Wildman–Crippen LogP) is 5.33. The minimum absolute atomic E-state index is 0. The van der Waals surface area contributed by atoms with Crippen molar-refractivity contribution in [2.45, 2.75) is 13.0 Å². The van der Waals surface area contributed by atoms with Gasteiger partial charge in [-0.05, 0) is 31.2 Å². The van der Waals surface area contributed by atoms with Gasteiger partial charge in [0, 0.05) is 47.7 Å². The average molecular weight is 485 g/mol. The number of aromatic nitrogens is 2. The molecule has 3 aromatic carbocycles. The van der Waals surface area contributed by atoms with Crippen molar-refractivity contribution >= 4 is 40.7 Å². The van der Waals surface area contributed by atoms with Crippen LogP contribution in [-0.2, 0) is 0 Å². The summed E-state index contributed by atoms with van der Waals surface area (Å²) in [6.45, 7) is 3.93.